The highest BCUT2D eigenvalue weighted by Gasteiger charge is 2.58. The Morgan fingerprint density at radius 1 is 1.26 bits per heavy atom. The monoisotopic (exact) mass is 441 g/mol. The van der Waals surface area contributed by atoms with Gasteiger partial charge < -0.3 is 15.0 Å². The minimum atomic E-state index is -0.572. The number of hydrogen-bond donors (Lipinski definition) is 1. The summed E-state index contributed by atoms with van der Waals surface area (Å²) in [4.78, 5) is 31.5. The van der Waals surface area contributed by atoms with E-state index in [0.29, 0.717) is 30.4 Å². The summed E-state index contributed by atoms with van der Waals surface area (Å²) in [7, 11) is 0. The smallest absolute Gasteiger partial charge is 0.263 e. The van der Waals surface area contributed by atoms with Gasteiger partial charge in [-0.05, 0) is 61.9 Å². The first-order chi connectivity index (χ1) is 15.0. The molecule has 1 aliphatic carbocycles. The maximum absolute atomic E-state index is 12.8. The summed E-state index contributed by atoms with van der Waals surface area (Å²) in [6, 6.07) is 12.9. The minimum Gasteiger partial charge on any atom is -0.481 e. The molecule has 1 aromatic carbocycles. The SMILES string of the molecule is C[C@H](Oc1cccc(Cl)c1)C(=O)N1CCC2(CC1)C[C@@H]2C(=O)NCCc1ccccn1. The number of rotatable bonds is 7. The van der Waals surface area contributed by atoms with Crippen molar-refractivity contribution in [3.8, 4) is 5.75 Å². The number of aromatic nitrogens is 1. The van der Waals surface area contributed by atoms with Crippen LogP contribution in [0.4, 0.5) is 0 Å². The van der Waals surface area contributed by atoms with E-state index in [1.54, 1.807) is 37.4 Å². The molecular formula is C24H28ClN3O3. The van der Waals surface area contributed by atoms with E-state index in [1.165, 1.54) is 0 Å². The molecule has 1 saturated carbocycles. The van der Waals surface area contributed by atoms with Crippen LogP contribution in [0.5, 0.6) is 5.75 Å². The number of nitrogens with zero attached hydrogens (tertiary/aromatic N) is 2. The molecule has 1 saturated heterocycles. The lowest BCUT2D eigenvalue weighted by Crippen LogP contribution is -2.46. The maximum Gasteiger partial charge on any atom is 0.263 e. The zero-order chi connectivity index (χ0) is 21.8. The van der Waals surface area contributed by atoms with Gasteiger partial charge in [0.1, 0.15) is 5.75 Å². The molecule has 31 heavy (non-hydrogen) atoms. The van der Waals surface area contributed by atoms with Crippen LogP contribution in [0.25, 0.3) is 0 Å². The fourth-order valence-corrected chi connectivity index (χ4v) is 4.66. The van der Waals surface area contributed by atoms with E-state index in [0.717, 1.165) is 31.4 Å². The van der Waals surface area contributed by atoms with Gasteiger partial charge in [-0.15, -0.1) is 0 Å². The Bertz CT molecular complexity index is 929. The molecule has 7 heteroatoms. The lowest BCUT2D eigenvalue weighted by atomic mass is 9.90. The van der Waals surface area contributed by atoms with E-state index in [1.807, 2.05) is 23.1 Å². The number of amides is 2. The van der Waals surface area contributed by atoms with Gasteiger partial charge in [0, 0.05) is 48.9 Å². The van der Waals surface area contributed by atoms with Crippen LogP contribution in [0.3, 0.4) is 0 Å². The van der Waals surface area contributed by atoms with E-state index in [-0.39, 0.29) is 23.1 Å². The predicted octanol–water partition coefficient (Wildman–Crippen LogP) is 3.49. The van der Waals surface area contributed by atoms with Crippen LogP contribution in [-0.2, 0) is 16.0 Å². The Kier molecular flexibility index (Phi) is 6.46. The van der Waals surface area contributed by atoms with Crippen LogP contribution >= 0.6 is 11.6 Å². The summed E-state index contributed by atoms with van der Waals surface area (Å²) in [5.74, 6) is 0.764. The second-order valence-electron chi connectivity index (χ2n) is 8.52. The Hall–Kier alpha value is -2.60. The van der Waals surface area contributed by atoms with Crippen molar-refractivity contribution in [3.05, 3.63) is 59.4 Å². The van der Waals surface area contributed by atoms with Crippen molar-refractivity contribution >= 4 is 23.4 Å². The number of benzene rings is 1. The van der Waals surface area contributed by atoms with Gasteiger partial charge >= 0.3 is 0 Å². The van der Waals surface area contributed by atoms with Crippen molar-refractivity contribution < 1.29 is 14.3 Å². The van der Waals surface area contributed by atoms with Crippen LogP contribution in [0.15, 0.2) is 48.7 Å². The topological polar surface area (TPSA) is 71.5 Å². The predicted molar refractivity (Wildman–Crippen MR) is 119 cm³/mol. The number of likely N-dealkylation sites (tertiary alicyclic amines) is 1. The van der Waals surface area contributed by atoms with Gasteiger partial charge in [-0.25, -0.2) is 0 Å². The lowest BCUT2D eigenvalue weighted by Gasteiger charge is -2.34. The highest BCUT2D eigenvalue weighted by molar-refractivity contribution is 6.30. The van der Waals surface area contributed by atoms with E-state index in [4.69, 9.17) is 16.3 Å². The molecule has 1 aliphatic heterocycles. The normalized spacial score (nSPS) is 20.2. The van der Waals surface area contributed by atoms with Gasteiger partial charge in [-0.3, -0.25) is 14.6 Å². The maximum atomic E-state index is 12.8. The first-order valence-corrected chi connectivity index (χ1v) is 11.2. The Morgan fingerprint density at radius 3 is 2.77 bits per heavy atom. The molecule has 2 aromatic rings. The molecule has 6 nitrogen and oxygen atoms in total. The first-order valence-electron chi connectivity index (χ1n) is 10.9. The molecule has 2 atom stereocenters. The molecule has 0 unspecified atom stereocenters. The van der Waals surface area contributed by atoms with Crippen molar-refractivity contribution in [2.75, 3.05) is 19.6 Å². The molecular weight excluding hydrogens is 414 g/mol. The number of nitrogens with one attached hydrogen (secondary N) is 1. The molecule has 2 heterocycles. The number of carbonyl (C=O) groups is 2. The Balaban J connectivity index is 1.21. The van der Waals surface area contributed by atoms with Gasteiger partial charge in [0.25, 0.3) is 5.91 Å². The van der Waals surface area contributed by atoms with E-state index in [2.05, 4.69) is 10.3 Å². The van der Waals surface area contributed by atoms with Gasteiger partial charge in [-0.1, -0.05) is 23.7 Å². The third-order valence-corrected chi connectivity index (χ3v) is 6.68. The van der Waals surface area contributed by atoms with Gasteiger partial charge in [-0.2, -0.15) is 0 Å². The molecule has 1 N–H and O–H groups in total. The van der Waals surface area contributed by atoms with Crippen molar-refractivity contribution in [3.63, 3.8) is 0 Å². The van der Waals surface area contributed by atoms with E-state index < -0.39 is 6.10 Å². The minimum absolute atomic E-state index is 0.0214. The van der Waals surface area contributed by atoms with Crippen molar-refractivity contribution in [1.29, 1.82) is 0 Å². The van der Waals surface area contributed by atoms with Gasteiger partial charge in [0.05, 0.1) is 0 Å². The lowest BCUT2D eigenvalue weighted by molar-refractivity contribution is -0.139. The number of halogens is 1. The van der Waals surface area contributed by atoms with Crippen LogP contribution in [-0.4, -0.2) is 47.4 Å². The molecule has 1 aromatic heterocycles. The molecule has 2 amide bonds. The highest BCUT2D eigenvalue weighted by Crippen LogP contribution is 2.59. The second kappa shape index (κ2) is 9.27. The number of hydrogen-bond acceptors (Lipinski definition) is 4. The van der Waals surface area contributed by atoms with E-state index >= 15 is 0 Å². The fourth-order valence-electron chi connectivity index (χ4n) is 4.48. The Morgan fingerprint density at radius 2 is 2.06 bits per heavy atom. The summed E-state index contributed by atoms with van der Waals surface area (Å²) >= 11 is 5.99. The summed E-state index contributed by atoms with van der Waals surface area (Å²) in [6.45, 7) is 3.70. The number of ether oxygens (including phenoxy) is 1. The van der Waals surface area contributed by atoms with Crippen LogP contribution in [0.2, 0.25) is 5.02 Å². The highest BCUT2D eigenvalue weighted by atomic mass is 35.5. The zero-order valence-corrected chi connectivity index (χ0v) is 18.5. The first kappa shape index (κ1) is 21.6. The average molecular weight is 442 g/mol. The molecule has 2 fully saturated rings. The molecule has 0 radical (unpaired) electrons. The molecule has 1 spiro atoms. The van der Waals surface area contributed by atoms with Crippen molar-refractivity contribution in [1.82, 2.24) is 15.2 Å². The largest absolute Gasteiger partial charge is 0.481 e. The van der Waals surface area contributed by atoms with Crippen LogP contribution in [0.1, 0.15) is 31.9 Å². The van der Waals surface area contributed by atoms with Gasteiger partial charge in [0.2, 0.25) is 5.91 Å². The fraction of sp³-hybridized carbons (Fsp3) is 0.458. The summed E-state index contributed by atoms with van der Waals surface area (Å²) in [6.07, 6.45) is 4.57. The van der Waals surface area contributed by atoms with Gasteiger partial charge in [0.15, 0.2) is 6.10 Å². The third kappa shape index (κ3) is 5.18. The Labute approximate surface area is 187 Å². The third-order valence-electron chi connectivity index (χ3n) is 6.44. The molecule has 164 valence electrons. The molecule has 0 bridgehead atoms. The summed E-state index contributed by atoms with van der Waals surface area (Å²) < 4.78 is 5.77. The number of carbonyl (C=O) groups excluding carboxylic acids is 2. The molecule has 4 rings (SSSR count). The second-order valence-corrected chi connectivity index (χ2v) is 8.96. The van der Waals surface area contributed by atoms with Crippen LogP contribution < -0.4 is 10.1 Å². The zero-order valence-electron chi connectivity index (χ0n) is 17.7. The number of piperidine rings is 1. The summed E-state index contributed by atoms with van der Waals surface area (Å²) in [5, 5.41) is 3.64. The van der Waals surface area contributed by atoms with Crippen molar-refractivity contribution in [2.45, 2.75) is 38.7 Å². The average Bonchev–Trinajstić information content (AvgIpc) is 3.47. The van der Waals surface area contributed by atoms with E-state index in [9.17, 15) is 9.59 Å². The van der Waals surface area contributed by atoms with Crippen molar-refractivity contribution in [2.24, 2.45) is 11.3 Å². The number of pyridine rings is 1. The summed E-state index contributed by atoms with van der Waals surface area (Å²) in [5.41, 5.74) is 1.04. The quantitative estimate of drug-likeness (QED) is 0.713. The standard InChI is InChI=1S/C24H28ClN3O3/c1-17(31-20-7-4-5-18(25)15-20)23(30)28-13-9-24(10-14-28)16-21(24)22(29)27-12-8-19-6-2-3-11-26-19/h2-7,11,15,17,21H,8-10,12-14,16H2,1H3,(H,27,29)/t17-,21+/m0/s1. The van der Waals surface area contributed by atoms with Crippen LogP contribution in [0, 0.1) is 11.3 Å². The molecule has 2 aliphatic rings.